The van der Waals surface area contributed by atoms with Gasteiger partial charge >= 0.3 is 0 Å². The van der Waals surface area contributed by atoms with E-state index >= 15 is 0 Å². The Morgan fingerprint density at radius 3 is 2.44 bits per heavy atom. The average Bonchev–Trinajstić information content (AvgIpc) is 3.13. The number of fused-ring (bicyclic) bond motifs is 1. The van der Waals surface area contributed by atoms with Crippen LogP contribution in [0.15, 0.2) is 47.1 Å². The largest absolute Gasteiger partial charge is 0.372 e. The van der Waals surface area contributed by atoms with Gasteiger partial charge in [0.25, 0.3) is 0 Å². The van der Waals surface area contributed by atoms with Crippen LogP contribution in [0.25, 0.3) is 11.3 Å². The lowest BCUT2D eigenvalue weighted by atomic mass is 10.00. The Balaban J connectivity index is 1.89. The molecule has 3 aromatic rings. The van der Waals surface area contributed by atoms with Crippen LogP contribution in [0.1, 0.15) is 17.2 Å². The van der Waals surface area contributed by atoms with Crippen molar-refractivity contribution in [3.8, 4) is 11.3 Å². The van der Waals surface area contributed by atoms with Crippen LogP contribution in [-0.2, 0) is 17.3 Å². The Labute approximate surface area is 163 Å². The fourth-order valence-electron chi connectivity index (χ4n) is 3.29. The maximum Gasteiger partial charge on any atom is 0.220 e. The summed E-state index contributed by atoms with van der Waals surface area (Å²) in [5.74, 6) is -1.61. The van der Waals surface area contributed by atoms with E-state index in [1.54, 1.807) is 36.0 Å². The van der Waals surface area contributed by atoms with Gasteiger partial charge in [0.1, 0.15) is 21.1 Å². The van der Waals surface area contributed by atoms with Crippen molar-refractivity contribution < 1.29 is 17.2 Å². The first-order valence-electron chi connectivity index (χ1n) is 7.87. The summed E-state index contributed by atoms with van der Waals surface area (Å²) < 4.78 is 54.7. The van der Waals surface area contributed by atoms with Gasteiger partial charge in [-0.1, -0.05) is 12.1 Å². The summed E-state index contributed by atoms with van der Waals surface area (Å²) >= 11 is 3.30. The Kier molecular flexibility index (Phi) is 4.35. The zero-order valence-corrected chi connectivity index (χ0v) is 16.3. The van der Waals surface area contributed by atoms with Crippen molar-refractivity contribution >= 4 is 36.8 Å². The molecule has 0 saturated heterocycles. The van der Waals surface area contributed by atoms with E-state index in [9.17, 15) is 17.2 Å². The van der Waals surface area contributed by atoms with Crippen molar-refractivity contribution in [2.24, 2.45) is 7.05 Å². The maximum atomic E-state index is 14.3. The van der Waals surface area contributed by atoms with E-state index in [0.717, 1.165) is 23.4 Å². The second kappa shape index (κ2) is 6.58. The van der Waals surface area contributed by atoms with E-state index in [2.05, 4.69) is 26.3 Å². The summed E-state index contributed by atoms with van der Waals surface area (Å²) in [7, 11) is -0.912. The Bertz CT molecular complexity index is 1190. The standard InChI is InChI=1S/C18H12BrF2N3O2S/c1-24-14(8-15(19)23-24)9-5-6-13-10(7-9)18(27(25)26)17(22-13)16-11(20)3-2-4-12(16)21/h2-8,17,22H,1H3. The highest BCUT2D eigenvalue weighted by atomic mass is 79.9. The van der Waals surface area contributed by atoms with Crippen LogP contribution in [-0.4, -0.2) is 23.1 Å². The van der Waals surface area contributed by atoms with Crippen molar-refractivity contribution in [3.05, 3.63) is 69.8 Å². The van der Waals surface area contributed by atoms with Gasteiger partial charge in [-0.15, -0.1) is 0 Å². The van der Waals surface area contributed by atoms with Crippen LogP contribution in [0.5, 0.6) is 0 Å². The zero-order valence-electron chi connectivity index (χ0n) is 13.9. The summed E-state index contributed by atoms with van der Waals surface area (Å²) in [5, 5.41) is 7.13. The number of nitrogens with one attached hydrogen (secondary N) is 1. The summed E-state index contributed by atoms with van der Waals surface area (Å²) in [5.41, 5.74) is 2.05. The normalized spacial score (nSPS) is 15.6. The zero-order chi connectivity index (χ0) is 19.3. The highest BCUT2D eigenvalue weighted by Gasteiger charge is 2.34. The van der Waals surface area contributed by atoms with Crippen molar-refractivity contribution in [1.29, 1.82) is 0 Å². The number of anilines is 1. The lowest BCUT2D eigenvalue weighted by Crippen LogP contribution is -2.17. The molecule has 1 aliphatic heterocycles. The minimum absolute atomic E-state index is 0.0999. The molecule has 0 bridgehead atoms. The first kappa shape index (κ1) is 17.9. The lowest BCUT2D eigenvalue weighted by Gasteiger charge is -2.13. The van der Waals surface area contributed by atoms with Gasteiger partial charge in [0.05, 0.1) is 17.3 Å². The number of benzene rings is 2. The van der Waals surface area contributed by atoms with E-state index < -0.39 is 28.0 Å². The predicted molar refractivity (Wildman–Crippen MR) is 102 cm³/mol. The molecular formula is C18H12BrF2N3O2S. The number of hydrogen-bond acceptors (Lipinski definition) is 4. The van der Waals surface area contributed by atoms with Crippen molar-refractivity contribution in [1.82, 2.24) is 9.78 Å². The van der Waals surface area contributed by atoms with E-state index in [0.29, 0.717) is 15.9 Å². The molecule has 4 rings (SSSR count). The van der Waals surface area contributed by atoms with Crippen LogP contribution < -0.4 is 5.32 Å². The molecule has 27 heavy (non-hydrogen) atoms. The molecule has 1 atom stereocenters. The van der Waals surface area contributed by atoms with E-state index in [-0.39, 0.29) is 10.4 Å². The highest BCUT2D eigenvalue weighted by Crippen LogP contribution is 2.38. The molecule has 9 heteroatoms. The minimum atomic E-state index is -2.68. The molecule has 1 N–H and O–H groups in total. The van der Waals surface area contributed by atoms with Crippen LogP contribution >= 0.6 is 15.9 Å². The van der Waals surface area contributed by atoms with Gasteiger partial charge in [-0.05, 0) is 46.3 Å². The average molecular weight is 452 g/mol. The van der Waals surface area contributed by atoms with Gasteiger partial charge in [-0.2, -0.15) is 13.5 Å². The van der Waals surface area contributed by atoms with Gasteiger partial charge in [0.15, 0.2) is 0 Å². The molecule has 0 spiro atoms. The molecule has 1 aromatic heterocycles. The molecule has 0 fully saturated rings. The second-order valence-corrected chi connectivity index (χ2v) is 7.77. The van der Waals surface area contributed by atoms with Gasteiger partial charge < -0.3 is 5.32 Å². The molecule has 2 aromatic carbocycles. The summed E-state index contributed by atoms with van der Waals surface area (Å²) in [4.78, 5) is -0.0999. The summed E-state index contributed by atoms with van der Waals surface area (Å²) in [6, 6.07) is 9.27. The smallest absolute Gasteiger partial charge is 0.220 e. The third kappa shape index (κ3) is 2.96. The molecule has 5 nitrogen and oxygen atoms in total. The first-order valence-corrected chi connectivity index (χ1v) is 9.74. The van der Waals surface area contributed by atoms with Crippen LogP contribution in [0.2, 0.25) is 0 Å². The summed E-state index contributed by atoms with van der Waals surface area (Å²) in [6.07, 6.45) is 0. The SMILES string of the molecule is Cn1nc(Br)cc1-c1ccc2c(c1)C(=S(=O)=O)C(c1c(F)cccc1F)N2. The highest BCUT2D eigenvalue weighted by molar-refractivity contribution is 9.10. The minimum Gasteiger partial charge on any atom is -0.372 e. The van der Waals surface area contributed by atoms with Crippen molar-refractivity contribution in [3.63, 3.8) is 0 Å². The molecule has 1 unspecified atom stereocenters. The molecule has 0 radical (unpaired) electrons. The van der Waals surface area contributed by atoms with Crippen molar-refractivity contribution in [2.45, 2.75) is 6.04 Å². The topological polar surface area (TPSA) is 64.0 Å². The van der Waals surface area contributed by atoms with Crippen LogP contribution in [0.3, 0.4) is 0 Å². The Morgan fingerprint density at radius 2 is 1.85 bits per heavy atom. The molecular weight excluding hydrogens is 440 g/mol. The van der Waals surface area contributed by atoms with Crippen LogP contribution in [0, 0.1) is 11.6 Å². The monoisotopic (exact) mass is 451 g/mol. The van der Waals surface area contributed by atoms with E-state index in [4.69, 9.17) is 0 Å². The first-order chi connectivity index (χ1) is 12.9. The van der Waals surface area contributed by atoms with Gasteiger partial charge in [0.2, 0.25) is 10.3 Å². The predicted octanol–water partition coefficient (Wildman–Crippen LogP) is 3.69. The maximum absolute atomic E-state index is 14.3. The number of halogens is 3. The number of nitrogens with zero attached hydrogens (tertiary/aromatic N) is 2. The van der Waals surface area contributed by atoms with Crippen LogP contribution in [0.4, 0.5) is 14.5 Å². The van der Waals surface area contributed by atoms with E-state index in [1.807, 2.05) is 0 Å². The third-order valence-corrected chi connectivity index (χ3v) is 5.66. The van der Waals surface area contributed by atoms with E-state index in [1.165, 1.54) is 6.07 Å². The molecule has 2 heterocycles. The van der Waals surface area contributed by atoms with Gasteiger partial charge in [-0.25, -0.2) is 8.78 Å². The second-order valence-electron chi connectivity index (χ2n) is 6.05. The molecule has 0 saturated carbocycles. The van der Waals surface area contributed by atoms with Crippen molar-refractivity contribution in [2.75, 3.05) is 5.32 Å². The molecule has 0 amide bonds. The quantitative estimate of drug-likeness (QED) is 0.603. The number of rotatable bonds is 2. The molecule has 1 aliphatic rings. The number of aromatic nitrogens is 2. The Morgan fingerprint density at radius 1 is 1.15 bits per heavy atom. The Hall–Kier alpha value is -2.52. The van der Waals surface area contributed by atoms with Gasteiger partial charge in [0, 0.05) is 23.9 Å². The summed E-state index contributed by atoms with van der Waals surface area (Å²) in [6.45, 7) is 0. The molecule has 138 valence electrons. The fraction of sp³-hybridized carbons (Fsp3) is 0.111. The number of hydrogen-bond donors (Lipinski definition) is 1. The fourth-order valence-corrected chi connectivity index (χ4v) is 4.46. The number of aryl methyl sites for hydroxylation is 1. The lowest BCUT2D eigenvalue weighted by molar-refractivity contribution is 0.556. The van der Waals surface area contributed by atoms with Gasteiger partial charge in [-0.3, -0.25) is 4.68 Å². The third-order valence-electron chi connectivity index (χ3n) is 4.46. The molecule has 0 aliphatic carbocycles.